The minimum Gasteiger partial charge on any atom is -0.497 e. The second-order valence-corrected chi connectivity index (χ2v) is 3.66. The maximum Gasteiger partial charge on any atom is 0.118 e. The fraction of sp³-hybridized carbons (Fsp3) is 0.154. The summed E-state index contributed by atoms with van der Waals surface area (Å²) in [5, 5.41) is 0. The molecule has 0 aliphatic carbocycles. The van der Waals surface area contributed by atoms with Crippen LogP contribution in [-0.2, 0) is 5.88 Å². The van der Waals surface area contributed by atoms with Crippen LogP contribution in [0.15, 0.2) is 42.7 Å². The zero-order valence-electron chi connectivity index (χ0n) is 8.98. The molecule has 0 aliphatic rings. The van der Waals surface area contributed by atoms with Gasteiger partial charge in [-0.15, -0.1) is 11.6 Å². The summed E-state index contributed by atoms with van der Waals surface area (Å²) in [5.41, 5.74) is 3.28. The van der Waals surface area contributed by atoms with E-state index in [0.29, 0.717) is 5.88 Å². The molecule has 0 saturated heterocycles. The molecule has 0 fully saturated rings. The van der Waals surface area contributed by atoms with Crippen LogP contribution in [0, 0.1) is 0 Å². The molecule has 1 heterocycles. The molecule has 82 valence electrons. The second kappa shape index (κ2) is 4.99. The van der Waals surface area contributed by atoms with Crippen molar-refractivity contribution in [1.29, 1.82) is 0 Å². The summed E-state index contributed by atoms with van der Waals surface area (Å²) < 4.78 is 5.12. The van der Waals surface area contributed by atoms with Crippen molar-refractivity contribution in [3.8, 4) is 16.9 Å². The quantitative estimate of drug-likeness (QED) is 0.757. The van der Waals surface area contributed by atoms with E-state index >= 15 is 0 Å². The van der Waals surface area contributed by atoms with Gasteiger partial charge in [0.05, 0.1) is 7.11 Å². The van der Waals surface area contributed by atoms with E-state index in [-0.39, 0.29) is 0 Å². The highest BCUT2D eigenvalue weighted by Crippen LogP contribution is 2.25. The number of aromatic nitrogens is 1. The highest BCUT2D eigenvalue weighted by molar-refractivity contribution is 6.17. The Morgan fingerprint density at radius 2 is 1.94 bits per heavy atom. The first kappa shape index (κ1) is 11.0. The van der Waals surface area contributed by atoms with Gasteiger partial charge in [0.15, 0.2) is 0 Å². The summed E-state index contributed by atoms with van der Waals surface area (Å²) >= 11 is 5.88. The molecule has 2 rings (SSSR count). The van der Waals surface area contributed by atoms with Gasteiger partial charge in [0.25, 0.3) is 0 Å². The fourth-order valence-electron chi connectivity index (χ4n) is 1.59. The number of nitrogens with zero attached hydrogens (tertiary/aromatic N) is 1. The monoisotopic (exact) mass is 233 g/mol. The van der Waals surface area contributed by atoms with E-state index in [1.54, 1.807) is 19.5 Å². The molecule has 1 aromatic carbocycles. The van der Waals surface area contributed by atoms with Crippen molar-refractivity contribution >= 4 is 11.6 Å². The molecule has 0 saturated carbocycles. The lowest BCUT2D eigenvalue weighted by atomic mass is 10.0. The molecule has 0 amide bonds. The number of pyridine rings is 1. The summed E-state index contributed by atoms with van der Waals surface area (Å²) in [6, 6.07) is 9.88. The Morgan fingerprint density at radius 1 is 1.19 bits per heavy atom. The van der Waals surface area contributed by atoms with Crippen LogP contribution >= 0.6 is 11.6 Å². The number of hydrogen-bond acceptors (Lipinski definition) is 2. The van der Waals surface area contributed by atoms with Gasteiger partial charge < -0.3 is 4.74 Å². The van der Waals surface area contributed by atoms with Gasteiger partial charge in [0.2, 0.25) is 0 Å². The molecule has 3 heteroatoms. The maximum absolute atomic E-state index is 5.88. The third-order valence-corrected chi connectivity index (χ3v) is 2.74. The minimum absolute atomic E-state index is 0.467. The van der Waals surface area contributed by atoms with E-state index in [0.717, 1.165) is 22.4 Å². The number of rotatable bonds is 3. The van der Waals surface area contributed by atoms with Gasteiger partial charge in [-0.25, -0.2) is 0 Å². The number of ether oxygens (including phenoxy) is 1. The molecule has 16 heavy (non-hydrogen) atoms. The Hall–Kier alpha value is -1.54. The fourth-order valence-corrected chi connectivity index (χ4v) is 1.80. The highest BCUT2D eigenvalue weighted by Gasteiger charge is 2.03. The smallest absolute Gasteiger partial charge is 0.118 e. The topological polar surface area (TPSA) is 22.1 Å². The number of methoxy groups -OCH3 is 1. The van der Waals surface area contributed by atoms with Crippen LogP contribution in [0.3, 0.4) is 0 Å². The molecule has 0 N–H and O–H groups in total. The summed E-state index contributed by atoms with van der Waals surface area (Å²) in [5.74, 6) is 1.32. The largest absolute Gasteiger partial charge is 0.497 e. The molecule has 0 bridgehead atoms. The first-order valence-corrected chi connectivity index (χ1v) is 5.52. The van der Waals surface area contributed by atoms with E-state index in [1.807, 2.05) is 30.3 Å². The third kappa shape index (κ3) is 2.17. The summed E-state index contributed by atoms with van der Waals surface area (Å²) in [4.78, 5) is 4.07. The van der Waals surface area contributed by atoms with Crippen molar-refractivity contribution in [2.45, 2.75) is 5.88 Å². The molecule has 0 unspecified atom stereocenters. The van der Waals surface area contributed by atoms with Crippen molar-refractivity contribution in [2.24, 2.45) is 0 Å². The minimum atomic E-state index is 0.467. The van der Waals surface area contributed by atoms with Gasteiger partial charge in [-0.2, -0.15) is 0 Å². The SMILES string of the molecule is COc1ccc(-c2ccncc2CCl)cc1. The predicted molar refractivity (Wildman–Crippen MR) is 65.8 cm³/mol. The molecule has 0 aliphatic heterocycles. The van der Waals surface area contributed by atoms with Gasteiger partial charge in [0.1, 0.15) is 5.75 Å². The molecular weight excluding hydrogens is 222 g/mol. The van der Waals surface area contributed by atoms with Crippen molar-refractivity contribution in [3.05, 3.63) is 48.3 Å². The van der Waals surface area contributed by atoms with E-state index in [9.17, 15) is 0 Å². The number of hydrogen-bond donors (Lipinski definition) is 0. The van der Waals surface area contributed by atoms with Gasteiger partial charge in [-0.3, -0.25) is 4.98 Å². The lowest BCUT2D eigenvalue weighted by Crippen LogP contribution is -1.88. The third-order valence-electron chi connectivity index (χ3n) is 2.45. The van der Waals surface area contributed by atoms with Crippen LogP contribution in [0.25, 0.3) is 11.1 Å². The first-order valence-electron chi connectivity index (χ1n) is 4.98. The number of halogens is 1. The van der Waals surface area contributed by atoms with E-state index < -0.39 is 0 Å². The standard InChI is InChI=1S/C13H12ClNO/c1-16-12-4-2-10(3-5-12)13-6-7-15-9-11(13)8-14/h2-7,9H,8H2,1H3. The lowest BCUT2D eigenvalue weighted by molar-refractivity contribution is 0.415. The average Bonchev–Trinajstić information content (AvgIpc) is 2.39. The molecule has 2 nitrogen and oxygen atoms in total. The van der Waals surface area contributed by atoms with E-state index in [4.69, 9.17) is 16.3 Å². The van der Waals surface area contributed by atoms with Crippen molar-refractivity contribution in [3.63, 3.8) is 0 Å². The van der Waals surface area contributed by atoms with Crippen LogP contribution in [0.2, 0.25) is 0 Å². The lowest BCUT2D eigenvalue weighted by Gasteiger charge is -2.07. The van der Waals surface area contributed by atoms with Crippen molar-refractivity contribution in [2.75, 3.05) is 7.11 Å². The maximum atomic E-state index is 5.88. The second-order valence-electron chi connectivity index (χ2n) is 3.39. The molecular formula is C13H12ClNO. The Bertz CT molecular complexity index is 468. The van der Waals surface area contributed by atoms with Crippen molar-refractivity contribution < 1.29 is 4.74 Å². The average molecular weight is 234 g/mol. The van der Waals surface area contributed by atoms with Gasteiger partial charge in [0, 0.05) is 18.3 Å². The van der Waals surface area contributed by atoms with Gasteiger partial charge in [-0.1, -0.05) is 12.1 Å². The first-order chi connectivity index (χ1) is 7.85. The highest BCUT2D eigenvalue weighted by atomic mass is 35.5. The van der Waals surface area contributed by atoms with Crippen LogP contribution < -0.4 is 4.74 Å². The summed E-state index contributed by atoms with van der Waals surface area (Å²) in [7, 11) is 1.66. The Morgan fingerprint density at radius 3 is 2.56 bits per heavy atom. The zero-order chi connectivity index (χ0) is 11.4. The normalized spacial score (nSPS) is 10.1. The van der Waals surface area contributed by atoms with Crippen LogP contribution in [-0.4, -0.2) is 12.1 Å². The molecule has 1 aromatic heterocycles. The molecule has 0 radical (unpaired) electrons. The van der Waals surface area contributed by atoms with Gasteiger partial charge in [-0.05, 0) is 34.9 Å². The zero-order valence-corrected chi connectivity index (χ0v) is 9.74. The number of benzene rings is 1. The number of alkyl halides is 1. The van der Waals surface area contributed by atoms with Crippen LogP contribution in [0.4, 0.5) is 0 Å². The van der Waals surface area contributed by atoms with Crippen LogP contribution in [0.5, 0.6) is 5.75 Å². The molecule has 0 atom stereocenters. The Balaban J connectivity index is 2.42. The Kier molecular flexibility index (Phi) is 3.42. The van der Waals surface area contributed by atoms with Crippen LogP contribution in [0.1, 0.15) is 5.56 Å². The summed E-state index contributed by atoms with van der Waals surface area (Å²) in [6.45, 7) is 0. The molecule has 2 aromatic rings. The van der Waals surface area contributed by atoms with Gasteiger partial charge >= 0.3 is 0 Å². The predicted octanol–water partition coefficient (Wildman–Crippen LogP) is 3.50. The van der Waals surface area contributed by atoms with E-state index in [1.165, 1.54) is 0 Å². The van der Waals surface area contributed by atoms with Crippen molar-refractivity contribution in [1.82, 2.24) is 4.98 Å². The Labute approximate surface area is 99.9 Å². The summed E-state index contributed by atoms with van der Waals surface area (Å²) in [6.07, 6.45) is 3.57. The van der Waals surface area contributed by atoms with E-state index in [2.05, 4.69) is 4.98 Å². The molecule has 0 spiro atoms.